The highest BCUT2D eigenvalue weighted by Gasteiger charge is 2.13. The molecule has 2 rings (SSSR count). The van der Waals surface area contributed by atoms with E-state index in [9.17, 15) is 4.79 Å². The summed E-state index contributed by atoms with van der Waals surface area (Å²) in [5, 5.41) is 11.9. The van der Waals surface area contributed by atoms with Gasteiger partial charge in [0.15, 0.2) is 5.82 Å². The molecule has 1 heterocycles. The van der Waals surface area contributed by atoms with Crippen LogP contribution in [0.25, 0.3) is 0 Å². The molecule has 7 nitrogen and oxygen atoms in total. The lowest BCUT2D eigenvalue weighted by Crippen LogP contribution is -2.17. The van der Waals surface area contributed by atoms with Gasteiger partial charge in [-0.2, -0.15) is 0 Å². The number of benzene rings is 1. The standard InChI is InChI=1S/C15H20ClN5O2S/c1-3-4-5-13-19-20-15(21(13)17)24-9-14(22)18-11-8-10(16)6-7-12(11)23-2/h6-8H,3-5,9,17H2,1-2H3,(H,18,22). The smallest absolute Gasteiger partial charge is 0.234 e. The summed E-state index contributed by atoms with van der Waals surface area (Å²) < 4.78 is 6.64. The summed E-state index contributed by atoms with van der Waals surface area (Å²) in [6.07, 6.45) is 2.82. The number of hydrogen-bond acceptors (Lipinski definition) is 6. The molecule has 0 aliphatic carbocycles. The number of amides is 1. The quantitative estimate of drug-likeness (QED) is 0.548. The summed E-state index contributed by atoms with van der Waals surface area (Å²) in [5.74, 6) is 7.15. The van der Waals surface area contributed by atoms with Gasteiger partial charge in [0.2, 0.25) is 11.1 Å². The van der Waals surface area contributed by atoms with Gasteiger partial charge in [-0.05, 0) is 24.6 Å². The van der Waals surface area contributed by atoms with Gasteiger partial charge in [-0.15, -0.1) is 10.2 Å². The molecule has 0 radical (unpaired) electrons. The SMILES string of the molecule is CCCCc1nnc(SCC(=O)Nc2cc(Cl)ccc2OC)n1N. The number of carbonyl (C=O) groups is 1. The topological polar surface area (TPSA) is 95.1 Å². The zero-order valence-corrected chi connectivity index (χ0v) is 15.2. The second kappa shape index (κ2) is 8.79. The predicted octanol–water partition coefficient (Wildman–Crippen LogP) is 2.73. The number of anilines is 1. The fourth-order valence-electron chi connectivity index (χ4n) is 2.01. The van der Waals surface area contributed by atoms with Gasteiger partial charge in [-0.1, -0.05) is 36.7 Å². The van der Waals surface area contributed by atoms with Crippen LogP contribution in [0.1, 0.15) is 25.6 Å². The first-order valence-electron chi connectivity index (χ1n) is 7.50. The Kier molecular flexibility index (Phi) is 6.74. The number of nitrogens with zero attached hydrogens (tertiary/aromatic N) is 3. The van der Waals surface area contributed by atoms with Gasteiger partial charge >= 0.3 is 0 Å². The second-order valence-corrected chi connectivity index (χ2v) is 6.43. The van der Waals surface area contributed by atoms with E-state index in [4.69, 9.17) is 22.2 Å². The number of nitrogen functional groups attached to an aromatic ring is 1. The van der Waals surface area contributed by atoms with Gasteiger partial charge in [0.25, 0.3) is 0 Å². The highest BCUT2D eigenvalue weighted by molar-refractivity contribution is 7.99. The van der Waals surface area contributed by atoms with Crippen molar-refractivity contribution in [3.05, 3.63) is 29.0 Å². The van der Waals surface area contributed by atoms with E-state index in [0.29, 0.717) is 21.6 Å². The Morgan fingerprint density at radius 3 is 2.96 bits per heavy atom. The van der Waals surface area contributed by atoms with Crippen LogP contribution in [0, 0.1) is 0 Å². The number of methoxy groups -OCH3 is 1. The van der Waals surface area contributed by atoms with Gasteiger partial charge in [0.1, 0.15) is 5.75 Å². The largest absolute Gasteiger partial charge is 0.495 e. The summed E-state index contributed by atoms with van der Waals surface area (Å²) in [6, 6.07) is 5.03. The Morgan fingerprint density at radius 1 is 1.46 bits per heavy atom. The summed E-state index contributed by atoms with van der Waals surface area (Å²) in [6.45, 7) is 2.10. The number of carbonyl (C=O) groups excluding carboxylic acids is 1. The molecule has 0 unspecified atom stereocenters. The highest BCUT2D eigenvalue weighted by atomic mass is 35.5. The lowest BCUT2D eigenvalue weighted by molar-refractivity contribution is -0.113. The third kappa shape index (κ3) is 4.78. The van der Waals surface area contributed by atoms with Crippen LogP contribution in [0.5, 0.6) is 5.75 Å². The van der Waals surface area contributed by atoms with Crippen LogP contribution in [0.2, 0.25) is 5.02 Å². The molecule has 0 saturated heterocycles. The molecular weight excluding hydrogens is 350 g/mol. The lowest BCUT2D eigenvalue weighted by Gasteiger charge is -2.10. The van der Waals surface area contributed by atoms with Crippen LogP contribution in [-0.2, 0) is 11.2 Å². The Balaban J connectivity index is 1.94. The van der Waals surface area contributed by atoms with Crippen molar-refractivity contribution < 1.29 is 9.53 Å². The molecule has 0 aliphatic heterocycles. The zero-order valence-electron chi connectivity index (χ0n) is 13.6. The van der Waals surface area contributed by atoms with Gasteiger partial charge in [0.05, 0.1) is 18.6 Å². The molecule has 130 valence electrons. The molecule has 0 atom stereocenters. The van der Waals surface area contributed by atoms with Crippen molar-refractivity contribution in [3.8, 4) is 5.75 Å². The summed E-state index contributed by atoms with van der Waals surface area (Å²) in [7, 11) is 1.53. The molecule has 0 bridgehead atoms. The zero-order chi connectivity index (χ0) is 17.5. The number of thioether (sulfide) groups is 1. The Bertz CT molecular complexity index is 707. The van der Waals surface area contributed by atoms with Crippen LogP contribution in [0.15, 0.2) is 23.4 Å². The van der Waals surface area contributed by atoms with Crippen molar-refractivity contribution in [2.45, 2.75) is 31.3 Å². The Hall–Kier alpha value is -1.93. The number of rotatable bonds is 8. The summed E-state index contributed by atoms with van der Waals surface area (Å²) in [5.41, 5.74) is 0.522. The molecule has 1 aromatic heterocycles. The van der Waals surface area contributed by atoms with E-state index in [1.165, 1.54) is 23.5 Å². The van der Waals surface area contributed by atoms with E-state index >= 15 is 0 Å². The fourth-order valence-corrected chi connectivity index (χ4v) is 2.85. The molecule has 24 heavy (non-hydrogen) atoms. The van der Waals surface area contributed by atoms with E-state index in [0.717, 1.165) is 25.1 Å². The molecule has 0 saturated carbocycles. The molecule has 1 aromatic carbocycles. The third-order valence-corrected chi connectivity index (χ3v) is 4.44. The van der Waals surface area contributed by atoms with Crippen molar-refractivity contribution in [2.24, 2.45) is 0 Å². The minimum Gasteiger partial charge on any atom is -0.495 e. The molecule has 1 amide bonds. The molecule has 3 N–H and O–H groups in total. The average molecular weight is 370 g/mol. The Morgan fingerprint density at radius 2 is 2.25 bits per heavy atom. The minimum absolute atomic E-state index is 0.152. The van der Waals surface area contributed by atoms with E-state index < -0.39 is 0 Å². The number of halogens is 1. The highest BCUT2D eigenvalue weighted by Crippen LogP contribution is 2.28. The van der Waals surface area contributed by atoms with Crippen LogP contribution in [0.3, 0.4) is 0 Å². The number of hydrogen-bond donors (Lipinski definition) is 2. The molecule has 0 aliphatic rings. The van der Waals surface area contributed by atoms with Gasteiger partial charge in [-0.3, -0.25) is 4.79 Å². The summed E-state index contributed by atoms with van der Waals surface area (Å²) >= 11 is 7.17. The summed E-state index contributed by atoms with van der Waals surface area (Å²) in [4.78, 5) is 12.1. The first-order valence-corrected chi connectivity index (χ1v) is 8.87. The van der Waals surface area contributed by atoms with Crippen LogP contribution >= 0.6 is 23.4 Å². The first-order chi connectivity index (χ1) is 11.5. The molecular formula is C15H20ClN5O2S. The molecule has 0 spiro atoms. The monoisotopic (exact) mass is 369 g/mol. The number of ether oxygens (including phenoxy) is 1. The maximum atomic E-state index is 12.1. The maximum absolute atomic E-state index is 12.1. The van der Waals surface area contributed by atoms with Crippen LogP contribution in [-0.4, -0.2) is 33.6 Å². The van der Waals surface area contributed by atoms with Crippen molar-refractivity contribution in [2.75, 3.05) is 24.0 Å². The molecule has 2 aromatic rings. The predicted molar refractivity (Wildman–Crippen MR) is 96.1 cm³/mol. The van der Waals surface area contributed by atoms with Crippen molar-refractivity contribution in [3.63, 3.8) is 0 Å². The first kappa shape index (κ1) is 18.4. The number of nitrogens with one attached hydrogen (secondary N) is 1. The van der Waals surface area contributed by atoms with E-state index in [-0.39, 0.29) is 11.7 Å². The third-order valence-electron chi connectivity index (χ3n) is 3.26. The van der Waals surface area contributed by atoms with Crippen molar-refractivity contribution in [1.82, 2.24) is 14.9 Å². The Labute approximate surface area is 149 Å². The van der Waals surface area contributed by atoms with E-state index in [1.54, 1.807) is 18.2 Å². The number of nitrogens with two attached hydrogens (primary N) is 1. The van der Waals surface area contributed by atoms with Crippen LogP contribution in [0.4, 0.5) is 5.69 Å². The van der Waals surface area contributed by atoms with Gasteiger partial charge < -0.3 is 15.9 Å². The number of aryl methyl sites for hydroxylation is 1. The normalized spacial score (nSPS) is 10.6. The van der Waals surface area contributed by atoms with Crippen LogP contribution < -0.4 is 15.9 Å². The van der Waals surface area contributed by atoms with Crippen molar-refractivity contribution >= 4 is 35.0 Å². The number of unbranched alkanes of at least 4 members (excludes halogenated alkanes) is 1. The molecule has 0 fully saturated rings. The van der Waals surface area contributed by atoms with Crippen molar-refractivity contribution in [1.29, 1.82) is 0 Å². The number of aromatic nitrogens is 3. The van der Waals surface area contributed by atoms with Gasteiger partial charge in [0, 0.05) is 11.4 Å². The van der Waals surface area contributed by atoms with Gasteiger partial charge in [-0.25, -0.2) is 4.68 Å². The molecule has 9 heteroatoms. The average Bonchev–Trinajstić information content (AvgIpc) is 2.91. The fraction of sp³-hybridized carbons (Fsp3) is 0.400. The lowest BCUT2D eigenvalue weighted by atomic mass is 10.2. The maximum Gasteiger partial charge on any atom is 0.234 e. The van der Waals surface area contributed by atoms with E-state index in [1.807, 2.05) is 0 Å². The minimum atomic E-state index is -0.210. The van der Waals surface area contributed by atoms with E-state index in [2.05, 4.69) is 22.4 Å². The second-order valence-electron chi connectivity index (χ2n) is 5.05.